The predicted octanol–water partition coefficient (Wildman–Crippen LogP) is 3.09. The molecule has 0 N–H and O–H groups in total. The highest BCUT2D eigenvalue weighted by Gasteiger charge is 2.16. The van der Waals surface area contributed by atoms with E-state index in [0.717, 1.165) is 0 Å². The van der Waals surface area contributed by atoms with Gasteiger partial charge in [-0.3, -0.25) is 4.79 Å². The Labute approximate surface area is 108 Å². The van der Waals surface area contributed by atoms with E-state index in [-0.39, 0.29) is 12.5 Å². The molecule has 5 heteroatoms. The minimum Gasteiger partial charge on any atom is -0.326 e. The predicted molar refractivity (Wildman–Crippen MR) is 66.3 cm³/mol. The third-order valence-corrected chi connectivity index (χ3v) is 2.98. The second-order valence-electron chi connectivity index (χ2n) is 3.10. The molecule has 0 spiro atoms. The third-order valence-electron chi connectivity index (χ3n) is 2.09. The Bertz CT molecular complexity index is 442. The molecule has 0 fully saturated rings. The van der Waals surface area contributed by atoms with Crippen molar-refractivity contribution < 1.29 is 4.79 Å². The van der Waals surface area contributed by atoms with Crippen molar-refractivity contribution in [2.24, 2.45) is 0 Å². The topological polar surface area (TPSA) is 44.1 Å². The maximum Gasteiger partial charge on any atom is 0.255 e. The van der Waals surface area contributed by atoms with Crippen LogP contribution in [0.15, 0.2) is 22.7 Å². The van der Waals surface area contributed by atoms with Gasteiger partial charge in [-0.25, -0.2) is 0 Å². The second kappa shape index (κ2) is 5.88. The van der Waals surface area contributed by atoms with Gasteiger partial charge in [0.15, 0.2) is 0 Å². The summed E-state index contributed by atoms with van der Waals surface area (Å²) in [5, 5.41) is 9.16. The summed E-state index contributed by atoms with van der Waals surface area (Å²) in [5.74, 6) is -0.174. The maximum atomic E-state index is 12.0. The third kappa shape index (κ3) is 2.97. The Morgan fingerprint density at radius 1 is 1.62 bits per heavy atom. The normalized spacial score (nSPS) is 9.62. The van der Waals surface area contributed by atoms with E-state index in [9.17, 15) is 4.79 Å². The molecule has 0 aliphatic heterocycles. The minimum atomic E-state index is -0.174. The second-order valence-corrected chi connectivity index (χ2v) is 4.39. The SMILES string of the molecule is CCN(CC#N)C(=O)c1ccc(Cl)cc1Br. The quantitative estimate of drug-likeness (QED) is 0.805. The average molecular weight is 302 g/mol. The number of carbonyl (C=O) groups is 1. The van der Waals surface area contributed by atoms with Crippen LogP contribution >= 0.6 is 27.5 Å². The van der Waals surface area contributed by atoms with Crippen LogP contribution in [0, 0.1) is 11.3 Å². The van der Waals surface area contributed by atoms with Crippen LogP contribution in [0.4, 0.5) is 0 Å². The van der Waals surface area contributed by atoms with E-state index < -0.39 is 0 Å². The fourth-order valence-corrected chi connectivity index (χ4v) is 2.10. The van der Waals surface area contributed by atoms with Crippen LogP contribution < -0.4 is 0 Å². The van der Waals surface area contributed by atoms with Crippen molar-refractivity contribution in [3.63, 3.8) is 0 Å². The lowest BCUT2D eigenvalue weighted by molar-refractivity contribution is 0.0783. The van der Waals surface area contributed by atoms with Crippen LogP contribution in [0.25, 0.3) is 0 Å². The molecule has 0 aromatic heterocycles. The van der Waals surface area contributed by atoms with Gasteiger partial charge in [0.05, 0.1) is 11.6 Å². The highest BCUT2D eigenvalue weighted by molar-refractivity contribution is 9.10. The lowest BCUT2D eigenvalue weighted by Gasteiger charge is -2.17. The molecule has 16 heavy (non-hydrogen) atoms. The van der Waals surface area contributed by atoms with Gasteiger partial charge in [0.25, 0.3) is 5.91 Å². The molecule has 0 aliphatic carbocycles. The molecule has 3 nitrogen and oxygen atoms in total. The highest BCUT2D eigenvalue weighted by Crippen LogP contribution is 2.22. The monoisotopic (exact) mass is 300 g/mol. The van der Waals surface area contributed by atoms with E-state index in [1.807, 2.05) is 13.0 Å². The van der Waals surface area contributed by atoms with Crippen molar-refractivity contribution in [2.75, 3.05) is 13.1 Å². The summed E-state index contributed by atoms with van der Waals surface area (Å²) in [5.41, 5.74) is 0.515. The van der Waals surface area contributed by atoms with Gasteiger partial charge in [0.1, 0.15) is 6.54 Å². The van der Waals surface area contributed by atoms with E-state index in [1.165, 1.54) is 4.90 Å². The number of nitrogens with zero attached hydrogens (tertiary/aromatic N) is 2. The van der Waals surface area contributed by atoms with Gasteiger partial charge in [-0.2, -0.15) is 5.26 Å². The van der Waals surface area contributed by atoms with Crippen LogP contribution in [0.3, 0.4) is 0 Å². The van der Waals surface area contributed by atoms with Gasteiger partial charge < -0.3 is 4.90 Å². The van der Waals surface area contributed by atoms with Crippen LogP contribution in [-0.4, -0.2) is 23.9 Å². The summed E-state index contributed by atoms with van der Waals surface area (Å²) in [7, 11) is 0. The lowest BCUT2D eigenvalue weighted by atomic mass is 10.2. The van der Waals surface area contributed by atoms with E-state index in [0.29, 0.717) is 21.6 Å². The Morgan fingerprint density at radius 2 is 2.31 bits per heavy atom. The number of halogens is 2. The zero-order valence-corrected chi connectivity index (χ0v) is 11.0. The molecule has 0 bridgehead atoms. The Hall–Kier alpha value is -1.05. The van der Waals surface area contributed by atoms with Crippen molar-refractivity contribution in [1.82, 2.24) is 4.90 Å². The molecule has 1 rings (SSSR count). The summed E-state index contributed by atoms with van der Waals surface area (Å²) >= 11 is 9.07. The van der Waals surface area contributed by atoms with Gasteiger partial charge >= 0.3 is 0 Å². The van der Waals surface area contributed by atoms with E-state index in [2.05, 4.69) is 15.9 Å². The number of rotatable bonds is 3. The van der Waals surface area contributed by atoms with Crippen molar-refractivity contribution in [1.29, 1.82) is 5.26 Å². The fraction of sp³-hybridized carbons (Fsp3) is 0.273. The average Bonchev–Trinajstić information content (AvgIpc) is 2.25. The molecular formula is C11H10BrClN2O. The van der Waals surface area contributed by atoms with Gasteiger partial charge in [0, 0.05) is 16.0 Å². The standard InChI is InChI=1S/C11H10BrClN2O/c1-2-15(6-5-14)11(16)9-4-3-8(13)7-10(9)12/h3-4,7H,2,6H2,1H3. The first kappa shape index (κ1) is 13.0. The number of hydrogen-bond donors (Lipinski definition) is 0. The smallest absolute Gasteiger partial charge is 0.255 e. The molecule has 1 aromatic rings. The molecule has 0 radical (unpaired) electrons. The molecule has 1 amide bonds. The number of benzene rings is 1. The molecule has 0 unspecified atom stereocenters. The highest BCUT2D eigenvalue weighted by atomic mass is 79.9. The van der Waals surface area contributed by atoms with E-state index >= 15 is 0 Å². The minimum absolute atomic E-state index is 0.0877. The number of amides is 1. The van der Waals surface area contributed by atoms with Gasteiger partial charge in [-0.05, 0) is 41.1 Å². The van der Waals surface area contributed by atoms with Crippen molar-refractivity contribution in [3.05, 3.63) is 33.3 Å². The summed E-state index contributed by atoms with van der Waals surface area (Å²) < 4.78 is 0.640. The van der Waals surface area contributed by atoms with Crippen LogP contribution in [-0.2, 0) is 0 Å². The zero-order chi connectivity index (χ0) is 12.1. The molecule has 0 saturated carbocycles. The molecule has 1 aromatic carbocycles. The first-order chi connectivity index (χ1) is 7.60. The number of nitriles is 1. The van der Waals surface area contributed by atoms with Crippen molar-refractivity contribution in [2.45, 2.75) is 6.92 Å². The van der Waals surface area contributed by atoms with Crippen LogP contribution in [0.5, 0.6) is 0 Å². The fourth-order valence-electron chi connectivity index (χ4n) is 1.25. The summed E-state index contributed by atoms with van der Waals surface area (Å²) in [6, 6.07) is 6.93. The van der Waals surface area contributed by atoms with E-state index in [4.69, 9.17) is 16.9 Å². The Kier molecular flexibility index (Phi) is 4.78. The van der Waals surface area contributed by atoms with Crippen LogP contribution in [0.2, 0.25) is 5.02 Å². The first-order valence-corrected chi connectivity index (χ1v) is 5.88. The Balaban J connectivity index is 3.00. The van der Waals surface area contributed by atoms with E-state index in [1.54, 1.807) is 18.2 Å². The summed E-state index contributed by atoms with van der Waals surface area (Å²) in [6.07, 6.45) is 0. The van der Waals surface area contributed by atoms with Gasteiger partial charge in [0.2, 0.25) is 0 Å². The van der Waals surface area contributed by atoms with Gasteiger partial charge in [-0.1, -0.05) is 11.6 Å². The molecule has 84 valence electrons. The summed E-state index contributed by atoms with van der Waals surface area (Å²) in [6.45, 7) is 2.42. The largest absolute Gasteiger partial charge is 0.326 e. The number of hydrogen-bond acceptors (Lipinski definition) is 2. The molecule has 0 saturated heterocycles. The first-order valence-electron chi connectivity index (χ1n) is 4.71. The maximum absolute atomic E-state index is 12.0. The molecule has 0 aliphatic rings. The van der Waals surface area contributed by atoms with Crippen molar-refractivity contribution >= 4 is 33.4 Å². The van der Waals surface area contributed by atoms with Gasteiger partial charge in [-0.15, -0.1) is 0 Å². The molecule has 0 atom stereocenters. The number of carbonyl (C=O) groups excluding carboxylic acids is 1. The lowest BCUT2D eigenvalue weighted by Crippen LogP contribution is -2.31. The van der Waals surface area contributed by atoms with Crippen molar-refractivity contribution in [3.8, 4) is 6.07 Å². The Morgan fingerprint density at radius 3 is 2.81 bits per heavy atom. The van der Waals surface area contributed by atoms with Crippen LogP contribution in [0.1, 0.15) is 17.3 Å². The molecular weight excluding hydrogens is 291 g/mol. The molecule has 0 heterocycles. The summed E-state index contributed by atoms with van der Waals surface area (Å²) in [4.78, 5) is 13.5. The zero-order valence-electron chi connectivity index (χ0n) is 8.70.